The van der Waals surface area contributed by atoms with Gasteiger partial charge in [-0.25, -0.2) is 14.1 Å². The van der Waals surface area contributed by atoms with Gasteiger partial charge in [0, 0.05) is 11.1 Å². The van der Waals surface area contributed by atoms with Crippen LogP contribution in [0, 0.1) is 5.82 Å². The van der Waals surface area contributed by atoms with E-state index in [1.807, 2.05) is 0 Å². The first-order chi connectivity index (χ1) is 14.0. The molecule has 0 unspecified atom stereocenters. The Morgan fingerprint density at radius 1 is 1.07 bits per heavy atom. The highest BCUT2D eigenvalue weighted by Crippen LogP contribution is 2.38. The van der Waals surface area contributed by atoms with Crippen LogP contribution in [0.4, 0.5) is 26.3 Å². The smallest absolute Gasteiger partial charge is 0.456 e. The van der Waals surface area contributed by atoms with Crippen molar-refractivity contribution in [3.05, 3.63) is 60.4 Å². The Balaban J connectivity index is 1.97. The van der Waals surface area contributed by atoms with Crippen LogP contribution in [0.5, 0.6) is 5.75 Å². The van der Waals surface area contributed by atoms with Gasteiger partial charge in [0.25, 0.3) is 5.91 Å². The molecule has 1 heterocycles. The SMILES string of the molecule is NC(=O)c1ncn(-c2ccc(F)c(-c3ccccc3OCC(F)(F)C(F)(F)F)c2)n1. The fourth-order valence-corrected chi connectivity index (χ4v) is 2.43. The Bertz CT molecular complexity index is 1080. The first-order valence-corrected chi connectivity index (χ1v) is 8.18. The van der Waals surface area contributed by atoms with Gasteiger partial charge in [-0.05, 0) is 24.3 Å². The van der Waals surface area contributed by atoms with Crippen molar-refractivity contribution in [1.29, 1.82) is 0 Å². The molecule has 0 saturated heterocycles. The summed E-state index contributed by atoms with van der Waals surface area (Å²) in [5, 5.41) is 3.82. The highest BCUT2D eigenvalue weighted by atomic mass is 19.4. The third-order valence-electron chi connectivity index (χ3n) is 3.93. The molecule has 3 rings (SSSR count). The molecule has 0 aliphatic heterocycles. The number of carbonyl (C=O) groups is 1. The number of alkyl halides is 5. The fourth-order valence-electron chi connectivity index (χ4n) is 2.43. The molecule has 0 atom stereocenters. The highest BCUT2D eigenvalue weighted by Gasteiger charge is 2.58. The summed E-state index contributed by atoms with van der Waals surface area (Å²) in [6.45, 7) is -1.97. The second kappa shape index (κ2) is 7.69. The van der Waals surface area contributed by atoms with Crippen molar-refractivity contribution in [3.8, 4) is 22.6 Å². The number of primary amides is 1. The van der Waals surface area contributed by atoms with Gasteiger partial charge in [-0.15, -0.1) is 5.10 Å². The van der Waals surface area contributed by atoms with E-state index in [0.29, 0.717) is 0 Å². The van der Waals surface area contributed by atoms with Gasteiger partial charge in [-0.1, -0.05) is 18.2 Å². The summed E-state index contributed by atoms with van der Waals surface area (Å²) in [5.74, 6) is -7.45. The number of ether oxygens (including phenoxy) is 1. The van der Waals surface area contributed by atoms with Gasteiger partial charge >= 0.3 is 12.1 Å². The third kappa shape index (κ3) is 4.21. The molecule has 0 spiro atoms. The predicted octanol–water partition coefficient (Wildman–Crippen LogP) is 3.75. The molecule has 1 amide bonds. The molecule has 0 aliphatic rings. The molecule has 0 bridgehead atoms. The summed E-state index contributed by atoms with van der Waals surface area (Å²) in [5.41, 5.74) is 5.08. The van der Waals surface area contributed by atoms with Crippen molar-refractivity contribution in [2.75, 3.05) is 6.61 Å². The minimum Gasteiger partial charge on any atom is -0.486 e. The first-order valence-electron chi connectivity index (χ1n) is 8.18. The van der Waals surface area contributed by atoms with Gasteiger partial charge in [-0.3, -0.25) is 4.79 Å². The van der Waals surface area contributed by atoms with Crippen LogP contribution in [0.2, 0.25) is 0 Å². The van der Waals surface area contributed by atoms with Crippen LogP contribution in [-0.2, 0) is 0 Å². The molecule has 158 valence electrons. The minimum atomic E-state index is -5.79. The van der Waals surface area contributed by atoms with E-state index in [9.17, 15) is 31.1 Å². The van der Waals surface area contributed by atoms with E-state index in [-0.39, 0.29) is 28.4 Å². The third-order valence-corrected chi connectivity index (χ3v) is 3.93. The molecular weight excluding hydrogens is 418 g/mol. The lowest BCUT2D eigenvalue weighted by molar-refractivity contribution is -0.289. The van der Waals surface area contributed by atoms with Crippen LogP contribution in [0.1, 0.15) is 10.6 Å². The van der Waals surface area contributed by atoms with E-state index >= 15 is 0 Å². The number of nitrogens with zero attached hydrogens (tertiary/aromatic N) is 3. The standard InChI is InChI=1S/C18H12F6N4O2/c19-13-6-5-10(28-9-26-16(27-28)15(25)29)7-12(13)11-3-1-2-4-14(11)30-8-17(20,21)18(22,23)24/h1-7,9H,8H2,(H2,25,29). The van der Waals surface area contributed by atoms with E-state index in [1.54, 1.807) is 0 Å². The molecule has 2 aromatic carbocycles. The second-order valence-electron chi connectivity index (χ2n) is 6.03. The molecule has 30 heavy (non-hydrogen) atoms. The molecule has 6 nitrogen and oxygen atoms in total. The quantitative estimate of drug-likeness (QED) is 0.604. The number of hydrogen-bond donors (Lipinski definition) is 1. The molecular formula is C18H12F6N4O2. The van der Waals surface area contributed by atoms with Crippen LogP contribution >= 0.6 is 0 Å². The number of amides is 1. The zero-order valence-electron chi connectivity index (χ0n) is 14.8. The predicted molar refractivity (Wildman–Crippen MR) is 91.8 cm³/mol. The molecule has 0 aliphatic carbocycles. The Morgan fingerprint density at radius 3 is 2.40 bits per heavy atom. The van der Waals surface area contributed by atoms with Crippen LogP contribution in [0.25, 0.3) is 16.8 Å². The fraction of sp³-hybridized carbons (Fsp3) is 0.167. The maximum absolute atomic E-state index is 14.4. The Kier molecular flexibility index (Phi) is 5.42. The maximum atomic E-state index is 14.4. The van der Waals surface area contributed by atoms with Crippen LogP contribution < -0.4 is 10.5 Å². The van der Waals surface area contributed by atoms with E-state index in [0.717, 1.165) is 23.1 Å². The Labute approximate surface area is 164 Å². The molecule has 0 fully saturated rings. The average molecular weight is 430 g/mol. The summed E-state index contributed by atoms with van der Waals surface area (Å²) < 4.78 is 83.8. The van der Waals surface area contributed by atoms with E-state index in [1.165, 1.54) is 30.3 Å². The van der Waals surface area contributed by atoms with Gasteiger partial charge in [0.1, 0.15) is 17.9 Å². The van der Waals surface area contributed by atoms with Gasteiger partial charge in [0.15, 0.2) is 6.61 Å². The summed E-state index contributed by atoms with van der Waals surface area (Å²) in [6.07, 6.45) is -4.65. The molecule has 1 aromatic heterocycles. The topological polar surface area (TPSA) is 83.0 Å². The number of rotatable bonds is 6. The second-order valence-corrected chi connectivity index (χ2v) is 6.03. The van der Waals surface area contributed by atoms with E-state index < -0.39 is 30.4 Å². The van der Waals surface area contributed by atoms with Crippen molar-refractivity contribution in [2.45, 2.75) is 12.1 Å². The number of aromatic nitrogens is 3. The number of carbonyl (C=O) groups excluding carboxylic acids is 1. The number of nitrogens with two attached hydrogens (primary N) is 1. The Hall–Kier alpha value is -3.57. The van der Waals surface area contributed by atoms with Crippen molar-refractivity contribution < 1.29 is 35.9 Å². The number of hydrogen-bond acceptors (Lipinski definition) is 4. The lowest BCUT2D eigenvalue weighted by Gasteiger charge is -2.21. The largest absolute Gasteiger partial charge is 0.486 e. The maximum Gasteiger partial charge on any atom is 0.456 e. The molecule has 2 N–H and O–H groups in total. The summed E-state index contributed by atoms with van der Waals surface area (Å²) >= 11 is 0. The zero-order valence-corrected chi connectivity index (χ0v) is 14.8. The summed E-state index contributed by atoms with van der Waals surface area (Å²) in [7, 11) is 0. The number of halogens is 6. The van der Waals surface area contributed by atoms with Crippen LogP contribution in [0.15, 0.2) is 48.8 Å². The number of para-hydroxylation sites is 1. The first kappa shape index (κ1) is 21.1. The molecule has 12 heteroatoms. The number of benzene rings is 2. The zero-order chi connectivity index (χ0) is 22.1. The monoisotopic (exact) mass is 430 g/mol. The normalized spacial score (nSPS) is 12.1. The van der Waals surface area contributed by atoms with Crippen LogP contribution in [0.3, 0.4) is 0 Å². The molecule has 0 radical (unpaired) electrons. The van der Waals surface area contributed by atoms with Crippen molar-refractivity contribution in [1.82, 2.24) is 14.8 Å². The summed E-state index contributed by atoms with van der Waals surface area (Å²) in [6, 6.07) is 8.74. The molecule has 0 saturated carbocycles. The van der Waals surface area contributed by atoms with Crippen molar-refractivity contribution >= 4 is 5.91 Å². The summed E-state index contributed by atoms with van der Waals surface area (Å²) in [4.78, 5) is 14.8. The van der Waals surface area contributed by atoms with Gasteiger partial charge in [0.2, 0.25) is 5.82 Å². The van der Waals surface area contributed by atoms with E-state index in [4.69, 9.17) is 5.73 Å². The minimum absolute atomic E-state index is 0.0648. The molecule has 3 aromatic rings. The lowest BCUT2D eigenvalue weighted by Crippen LogP contribution is -2.41. The van der Waals surface area contributed by atoms with Crippen molar-refractivity contribution in [2.24, 2.45) is 5.73 Å². The lowest BCUT2D eigenvalue weighted by atomic mass is 10.0. The average Bonchev–Trinajstić information content (AvgIpc) is 3.17. The Morgan fingerprint density at radius 2 is 1.77 bits per heavy atom. The van der Waals surface area contributed by atoms with Crippen LogP contribution in [-0.4, -0.2) is 39.4 Å². The van der Waals surface area contributed by atoms with Gasteiger partial charge in [-0.2, -0.15) is 22.0 Å². The van der Waals surface area contributed by atoms with Gasteiger partial charge in [0.05, 0.1) is 5.69 Å². The van der Waals surface area contributed by atoms with E-state index in [2.05, 4.69) is 14.8 Å². The van der Waals surface area contributed by atoms with Gasteiger partial charge < -0.3 is 10.5 Å². The van der Waals surface area contributed by atoms with Crippen molar-refractivity contribution in [3.63, 3.8) is 0 Å². The highest BCUT2D eigenvalue weighted by molar-refractivity contribution is 5.88.